The van der Waals surface area contributed by atoms with Crippen LogP contribution in [0.5, 0.6) is 0 Å². The molecule has 0 aliphatic heterocycles. The van der Waals surface area contributed by atoms with E-state index in [1.807, 2.05) is 0 Å². The zero-order valence-corrected chi connectivity index (χ0v) is 26.0. The Hall–Kier alpha value is -6.12. The zero-order chi connectivity index (χ0) is 31.3. The van der Waals surface area contributed by atoms with Gasteiger partial charge in [-0.1, -0.05) is 121 Å². The molecule has 0 spiro atoms. The van der Waals surface area contributed by atoms with Gasteiger partial charge in [0.25, 0.3) is 0 Å². The Labute approximate surface area is 273 Å². The van der Waals surface area contributed by atoms with E-state index in [2.05, 4.69) is 182 Å². The van der Waals surface area contributed by atoms with E-state index >= 15 is 0 Å². The van der Waals surface area contributed by atoms with Gasteiger partial charge in [0.1, 0.15) is 11.2 Å². The topological polar surface area (TPSA) is 16.4 Å². The maximum absolute atomic E-state index is 6.25. The van der Waals surface area contributed by atoms with Crippen LogP contribution in [0.4, 0.5) is 17.1 Å². The van der Waals surface area contributed by atoms with Crippen molar-refractivity contribution in [3.05, 3.63) is 175 Å². The molecule has 1 heterocycles. The minimum atomic E-state index is 0.913. The number of fused-ring (bicyclic) bond motifs is 5. The Balaban J connectivity index is 1.13. The number of hydrogen-bond acceptors (Lipinski definition) is 2. The highest BCUT2D eigenvalue weighted by Gasteiger charge is 2.16. The molecular weight excluding hydrogens is 571 g/mol. The molecule has 0 amide bonds. The number of furan rings is 1. The molecule has 1 aromatic heterocycles. The average molecular weight is 602 g/mol. The Morgan fingerprint density at radius 3 is 1.79 bits per heavy atom. The first kappa shape index (κ1) is 27.2. The van der Waals surface area contributed by atoms with Crippen molar-refractivity contribution in [3.63, 3.8) is 0 Å². The summed E-state index contributed by atoms with van der Waals surface area (Å²) >= 11 is 0. The number of aryl methyl sites for hydroxylation is 1. The number of hydrogen-bond donors (Lipinski definition) is 0. The van der Waals surface area contributed by atoms with Crippen molar-refractivity contribution in [2.75, 3.05) is 4.90 Å². The lowest BCUT2D eigenvalue weighted by atomic mass is 9.98. The lowest BCUT2D eigenvalue weighted by molar-refractivity contribution is 0.669. The maximum atomic E-state index is 6.25. The predicted molar refractivity (Wildman–Crippen MR) is 199 cm³/mol. The van der Waals surface area contributed by atoms with E-state index in [0.717, 1.165) is 44.7 Å². The average Bonchev–Trinajstić information content (AvgIpc) is 3.49. The summed E-state index contributed by atoms with van der Waals surface area (Å²) in [6, 6.07) is 61.0. The number of benzene rings is 8. The van der Waals surface area contributed by atoms with Crippen molar-refractivity contribution >= 4 is 60.5 Å². The van der Waals surface area contributed by atoms with E-state index in [4.69, 9.17) is 4.42 Å². The van der Waals surface area contributed by atoms with Crippen LogP contribution in [0.1, 0.15) is 5.56 Å². The molecule has 0 aliphatic carbocycles. The van der Waals surface area contributed by atoms with Gasteiger partial charge >= 0.3 is 0 Å². The minimum absolute atomic E-state index is 0.913. The largest absolute Gasteiger partial charge is 0.456 e. The predicted octanol–water partition coefficient (Wildman–Crippen LogP) is 13.0. The van der Waals surface area contributed by atoms with Crippen molar-refractivity contribution in [2.45, 2.75) is 6.92 Å². The number of rotatable bonds is 5. The summed E-state index contributed by atoms with van der Waals surface area (Å²) in [4.78, 5) is 2.36. The quantitative estimate of drug-likeness (QED) is 0.195. The molecule has 9 aromatic rings. The number of nitrogens with zero attached hydrogens (tertiary/aromatic N) is 1. The van der Waals surface area contributed by atoms with Crippen LogP contribution in [0.3, 0.4) is 0 Å². The molecule has 0 bridgehead atoms. The lowest BCUT2D eigenvalue weighted by Crippen LogP contribution is -2.10. The maximum Gasteiger partial charge on any atom is 0.136 e. The highest BCUT2D eigenvalue weighted by Crippen LogP contribution is 2.41. The fourth-order valence-corrected chi connectivity index (χ4v) is 6.97. The van der Waals surface area contributed by atoms with Crippen LogP contribution in [0.25, 0.3) is 65.7 Å². The van der Waals surface area contributed by atoms with Gasteiger partial charge in [0, 0.05) is 27.5 Å². The lowest BCUT2D eigenvalue weighted by Gasteiger charge is -2.27. The van der Waals surface area contributed by atoms with Crippen molar-refractivity contribution in [3.8, 4) is 22.3 Å². The van der Waals surface area contributed by atoms with Gasteiger partial charge in [-0.05, 0) is 99.9 Å². The third-order valence-corrected chi connectivity index (χ3v) is 9.32. The van der Waals surface area contributed by atoms with Crippen LogP contribution in [-0.2, 0) is 0 Å². The Bertz CT molecular complexity index is 2560. The highest BCUT2D eigenvalue weighted by molar-refractivity contribution is 6.06. The van der Waals surface area contributed by atoms with Gasteiger partial charge in [-0.25, -0.2) is 0 Å². The summed E-state index contributed by atoms with van der Waals surface area (Å²) in [6.07, 6.45) is 0. The fourth-order valence-electron chi connectivity index (χ4n) is 6.97. The summed E-state index contributed by atoms with van der Waals surface area (Å²) in [6.45, 7) is 2.12. The first-order valence-corrected chi connectivity index (χ1v) is 16.1. The molecule has 0 radical (unpaired) electrons. The van der Waals surface area contributed by atoms with Crippen LogP contribution in [-0.4, -0.2) is 0 Å². The summed E-state index contributed by atoms with van der Waals surface area (Å²) in [7, 11) is 0. The molecule has 0 N–H and O–H groups in total. The molecule has 0 fully saturated rings. The first-order chi connectivity index (χ1) is 23.2. The van der Waals surface area contributed by atoms with Gasteiger partial charge < -0.3 is 9.32 Å². The summed E-state index contributed by atoms with van der Waals surface area (Å²) in [5.41, 5.74) is 11.2. The molecule has 8 aromatic carbocycles. The van der Waals surface area contributed by atoms with Gasteiger partial charge in [0.2, 0.25) is 0 Å². The Morgan fingerprint density at radius 2 is 1.02 bits per heavy atom. The highest BCUT2D eigenvalue weighted by atomic mass is 16.3. The van der Waals surface area contributed by atoms with Gasteiger partial charge in [-0.2, -0.15) is 0 Å². The van der Waals surface area contributed by atoms with Gasteiger partial charge in [-0.3, -0.25) is 0 Å². The molecule has 2 nitrogen and oxygen atoms in total. The zero-order valence-electron chi connectivity index (χ0n) is 26.0. The van der Waals surface area contributed by atoms with Crippen molar-refractivity contribution in [1.29, 1.82) is 0 Å². The van der Waals surface area contributed by atoms with Crippen LogP contribution in [0.15, 0.2) is 174 Å². The molecule has 0 aliphatic rings. The Morgan fingerprint density at radius 1 is 0.404 bits per heavy atom. The minimum Gasteiger partial charge on any atom is -0.456 e. The SMILES string of the molecule is Cc1ccc2oc3cc(-c4ccc(N(c5ccc(-c6cccc7ccccc67)cc5)c5cccc6ccccc56)cc4)ccc3c2c1. The van der Waals surface area contributed by atoms with Crippen LogP contribution >= 0.6 is 0 Å². The molecule has 47 heavy (non-hydrogen) atoms. The van der Waals surface area contributed by atoms with Crippen LogP contribution in [0, 0.1) is 6.92 Å². The third-order valence-electron chi connectivity index (χ3n) is 9.32. The molecule has 0 atom stereocenters. The van der Waals surface area contributed by atoms with Crippen LogP contribution < -0.4 is 4.90 Å². The fraction of sp³-hybridized carbons (Fsp3) is 0.0222. The number of anilines is 3. The molecule has 0 saturated heterocycles. The van der Waals surface area contributed by atoms with Gasteiger partial charge in [-0.15, -0.1) is 0 Å². The van der Waals surface area contributed by atoms with E-state index in [9.17, 15) is 0 Å². The summed E-state index contributed by atoms with van der Waals surface area (Å²) < 4.78 is 6.25. The molecule has 222 valence electrons. The third kappa shape index (κ3) is 4.74. The standard InChI is InChI=1S/C45H31NO/c1-30-16-27-44-42(28-30)41-26-21-35(29-45(41)47-44)31-17-22-36(23-18-31)46(43-15-7-11-33-9-3-5-13-40(33)43)37-24-19-34(20-25-37)39-14-6-10-32-8-2-4-12-38(32)39/h2-29H,1H3. The monoisotopic (exact) mass is 601 g/mol. The molecule has 0 saturated carbocycles. The van der Waals surface area contributed by atoms with Gasteiger partial charge in [0.15, 0.2) is 0 Å². The van der Waals surface area contributed by atoms with E-state index in [0.29, 0.717) is 0 Å². The summed E-state index contributed by atoms with van der Waals surface area (Å²) in [5.74, 6) is 0. The van der Waals surface area contributed by atoms with E-state index in [1.165, 1.54) is 43.6 Å². The Kier molecular flexibility index (Phi) is 6.39. The second-order valence-electron chi connectivity index (χ2n) is 12.3. The molecular formula is C45H31NO. The van der Waals surface area contributed by atoms with Crippen LogP contribution in [0.2, 0.25) is 0 Å². The molecule has 0 unspecified atom stereocenters. The first-order valence-electron chi connectivity index (χ1n) is 16.1. The van der Waals surface area contributed by atoms with Crippen molar-refractivity contribution in [1.82, 2.24) is 0 Å². The van der Waals surface area contributed by atoms with Crippen molar-refractivity contribution < 1.29 is 4.42 Å². The van der Waals surface area contributed by atoms with E-state index in [1.54, 1.807) is 0 Å². The second-order valence-corrected chi connectivity index (χ2v) is 12.3. The smallest absolute Gasteiger partial charge is 0.136 e. The van der Waals surface area contributed by atoms with Crippen molar-refractivity contribution in [2.24, 2.45) is 0 Å². The molecule has 2 heteroatoms. The molecule has 9 rings (SSSR count). The van der Waals surface area contributed by atoms with E-state index in [-0.39, 0.29) is 0 Å². The summed E-state index contributed by atoms with van der Waals surface area (Å²) in [5, 5.41) is 7.26. The van der Waals surface area contributed by atoms with Gasteiger partial charge in [0.05, 0.1) is 5.69 Å². The van der Waals surface area contributed by atoms with E-state index < -0.39 is 0 Å². The second kappa shape index (κ2) is 11.0. The normalized spacial score (nSPS) is 11.5.